The zero-order valence-electron chi connectivity index (χ0n) is 9.23. The van der Waals surface area contributed by atoms with Gasteiger partial charge in [-0.25, -0.2) is 9.29 Å². The molecular weight excluding hydrogens is 294 g/mol. The maximum atomic E-state index is 6.42. The van der Waals surface area contributed by atoms with Crippen molar-refractivity contribution in [1.82, 2.24) is 9.29 Å². The molecule has 94 valence electrons. The second-order valence-corrected chi connectivity index (χ2v) is 7.59. The molecule has 0 bridgehead atoms. The molecule has 2 heterocycles. The lowest BCUT2D eigenvalue weighted by atomic mass is 9.74. The highest BCUT2D eigenvalue weighted by molar-refractivity contribution is 8.67. The second kappa shape index (κ2) is 4.58. The number of hydrogen-bond donors (Lipinski definition) is 2. The summed E-state index contributed by atoms with van der Waals surface area (Å²) in [6, 6.07) is 0.120. The number of thiazole rings is 1. The molecule has 3 nitrogen and oxygen atoms in total. The molecule has 0 aromatic carbocycles. The van der Waals surface area contributed by atoms with E-state index >= 15 is 0 Å². The molecule has 3 rings (SSSR count). The molecule has 0 radical (unpaired) electrons. The van der Waals surface area contributed by atoms with Crippen molar-refractivity contribution < 1.29 is 0 Å². The lowest BCUT2D eigenvalue weighted by molar-refractivity contribution is 0.139. The molecule has 2 N–H and O–H groups in total. The molecule has 1 atom stereocenters. The normalized spacial score (nSPS) is 27.6. The minimum absolute atomic E-state index is 0.120. The number of nitrogens with two attached hydrogens (primary N) is 1. The van der Waals surface area contributed by atoms with Crippen molar-refractivity contribution in [2.45, 2.75) is 25.3 Å². The number of aromatic nitrogens is 1. The fourth-order valence-electron chi connectivity index (χ4n) is 2.93. The van der Waals surface area contributed by atoms with Gasteiger partial charge in [0, 0.05) is 24.0 Å². The molecule has 1 spiro atoms. The summed E-state index contributed by atoms with van der Waals surface area (Å²) in [5.41, 5.74) is 7.78. The van der Waals surface area contributed by atoms with Crippen molar-refractivity contribution in [3.05, 3.63) is 15.0 Å². The van der Waals surface area contributed by atoms with E-state index in [0.29, 0.717) is 4.47 Å². The minimum Gasteiger partial charge on any atom is -0.323 e. The van der Waals surface area contributed by atoms with Crippen LogP contribution in [0.15, 0.2) is 0 Å². The van der Waals surface area contributed by atoms with E-state index in [0.717, 1.165) is 38.0 Å². The molecule has 1 saturated heterocycles. The Labute approximate surface area is 119 Å². The lowest BCUT2D eigenvalue weighted by Gasteiger charge is -2.40. The smallest absolute Gasteiger partial charge is 0.184 e. The largest absolute Gasteiger partial charge is 0.323 e. The fraction of sp³-hybridized carbons (Fsp3) is 0.700. The molecule has 0 amide bonds. The van der Waals surface area contributed by atoms with Gasteiger partial charge < -0.3 is 5.73 Å². The molecule has 7 heteroatoms. The van der Waals surface area contributed by atoms with E-state index in [1.165, 1.54) is 15.9 Å². The Morgan fingerprint density at radius 3 is 2.82 bits per heavy atom. The van der Waals surface area contributed by atoms with Crippen LogP contribution in [-0.4, -0.2) is 22.4 Å². The van der Waals surface area contributed by atoms with Crippen LogP contribution in [0.4, 0.5) is 0 Å². The van der Waals surface area contributed by atoms with Crippen molar-refractivity contribution in [1.29, 1.82) is 0 Å². The average molecular weight is 308 g/mol. The van der Waals surface area contributed by atoms with Crippen LogP contribution < -0.4 is 5.73 Å². The molecule has 1 aliphatic carbocycles. The van der Waals surface area contributed by atoms with Gasteiger partial charge in [-0.05, 0) is 35.7 Å². The summed E-state index contributed by atoms with van der Waals surface area (Å²) in [6.07, 6.45) is 3.25. The summed E-state index contributed by atoms with van der Waals surface area (Å²) in [5, 5.41) is 0. The van der Waals surface area contributed by atoms with Crippen molar-refractivity contribution in [2.75, 3.05) is 13.1 Å². The van der Waals surface area contributed by atoms with Gasteiger partial charge in [-0.1, -0.05) is 23.3 Å². The maximum absolute atomic E-state index is 6.42. The maximum Gasteiger partial charge on any atom is 0.184 e. The summed E-state index contributed by atoms with van der Waals surface area (Å²) in [5.74, 6) is 0. The molecule has 2 aliphatic rings. The third kappa shape index (κ3) is 2.03. The summed E-state index contributed by atoms with van der Waals surface area (Å²) in [4.78, 5) is 5.61. The average Bonchev–Trinajstić information content (AvgIpc) is 2.79. The highest BCUT2D eigenvalue weighted by Gasteiger charge is 2.47. The van der Waals surface area contributed by atoms with Crippen molar-refractivity contribution in [2.24, 2.45) is 11.1 Å². The lowest BCUT2D eigenvalue weighted by Crippen LogP contribution is -2.41. The van der Waals surface area contributed by atoms with E-state index in [1.54, 1.807) is 11.3 Å². The Morgan fingerprint density at radius 2 is 2.24 bits per heavy atom. The van der Waals surface area contributed by atoms with Crippen LogP contribution in [0.25, 0.3) is 0 Å². The predicted octanol–water partition coefficient (Wildman–Crippen LogP) is 2.93. The fourth-order valence-corrected chi connectivity index (χ4v) is 5.06. The third-order valence-electron chi connectivity index (χ3n) is 4.00. The molecule has 1 fully saturated rings. The quantitative estimate of drug-likeness (QED) is 0.475. The summed E-state index contributed by atoms with van der Waals surface area (Å²) in [7, 11) is 1.53. The van der Waals surface area contributed by atoms with Crippen molar-refractivity contribution in [3.8, 4) is 0 Å². The first-order valence-electron chi connectivity index (χ1n) is 5.62. The standard InChI is InChI=1S/C10H14ClN3S3/c11-9-13-6-5-10(8(12)7(6)16-9)1-3-14(17-15)4-2-10/h8,15H,1-5,12H2/t8-/m0/s1. The number of fused-ring (bicyclic) bond motifs is 1. The zero-order chi connectivity index (χ0) is 12.0. The Kier molecular flexibility index (Phi) is 3.38. The number of rotatable bonds is 1. The molecular formula is C10H14ClN3S3. The molecule has 0 unspecified atom stereocenters. The highest BCUT2D eigenvalue weighted by Crippen LogP contribution is 2.53. The Hall–Kier alpha value is 0.540. The SMILES string of the molecule is N[C@H]1c2sc(Cl)nc2CC12CCN(SS)CC2. The molecule has 17 heavy (non-hydrogen) atoms. The summed E-state index contributed by atoms with van der Waals surface area (Å²) in [6.45, 7) is 2.12. The number of nitrogens with zero attached hydrogens (tertiary/aromatic N) is 2. The van der Waals surface area contributed by atoms with E-state index in [9.17, 15) is 0 Å². The Bertz CT molecular complexity index is 428. The van der Waals surface area contributed by atoms with Gasteiger partial charge in [-0.15, -0.1) is 11.3 Å². The van der Waals surface area contributed by atoms with Crippen LogP contribution in [-0.2, 0) is 6.42 Å². The van der Waals surface area contributed by atoms with E-state index in [1.807, 2.05) is 0 Å². The first-order valence-corrected chi connectivity index (χ1v) is 8.64. The number of piperidine rings is 1. The topological polar surface area (TPSA) is 42.1 Å². The summed E-state index contributed by atoms with van der Waals surface area (Å²) >= 11 is 11.8. The summed E-state index contributed by atoms with van der Waals surface area (Å²) < 4.78 is 2.91. The molecule has 1 aliphatic heterocycles. The van der Waals surface area contributed by atoms with Gasteiger partial charge in [-0.2, -0.15) is 0 Å². The number of thiol groups is 1. The van der Waals surface area contributed by atoms with Crippen LogP contribution in [0.1, 0.15) is 29.5 Å². The number of hydrogen-bond acceptors (Lipinski definition) is 6. The monoisotopic (exact) mass is 307 g/mol. The van der Waals surface area contributed by atoms with Crippen LogP contribution in [0.5, 0.6) is 0 Å². The van der Waals surface area contributed by atoms with Crippen LogP contribution in [0, 0.1) is 5.41 Å². The van der Waals surface area contributed by atoms with E-state index in [-0.39, 0.29) is 11.5 Å². The zero-order valence-corrected chi connectivity index (χ0v) is 12.5. The van der Waals surface area contributed by atoms with Gasteiger partial charge in [0.1, 0.15) is 0 Å². The van der Waals surface area contributed by atoms with Gasteiger partial charge in [0.05, 0.1) is 5.69 Å². The number of halogens is 1. The molecule has 0 saturated carbocycles. The van der Waals surface area contributed by atoms with Gasteiger partial charge in [0.2, 0.25) is 0 Å². The Morgan fingerprint density at radius 1 is 1.53 bits per heavy atom. The molecule has 1 aromatic heterocycles. The third-order valence-corrected chi connectivity index (χ3v) is 6.57. The van der Waals surface area contributed by atoms with Gasteiger partial charge in [0.25, 0.3) is 0 Å². The Balaban J connectivity index is 1.81. The van der Waals surface area contributed by atoms with E-state index < -0.39 is 0 Å². The molecule has 1 aromatic rings. The van der Waals surface area contributed by atoms with Gasteiger partial charge >= 0.3 is 0 Å². The van der Waals surface area contributed by atoms with Crippen LogP contribution in [0.2, 0.25) is 4.47 Å². The van der Waals surface area contributed by atoms with Gasteiger partial charge in [-0.3, -0.25) is 0 Å². The van der Waals surface area contributed by atoms with Gasteiger partial charge in [0.15, 0.2) is 4.47 Å². The highest BCUT2D eigenvalue weighted by atomic mass is 35.5. The van der Waals surface area contributed by atoms with E-state index in [4.69, 9.17) is 17.3 Å². The van der Waals surface area contributed by atoms with Crippen LogP contribution >= 0.6 is 45.6 Å². The predicted molar refractivity (Wildman–Crippen MR) is 77.6 cm³/mol. The first-order chi connectivity index (χ1) is 8.14. The van der Waals surface area contributed by atoms with E-state index in [2.05, 4.69) is 20.9 Å². The minimum atomic E-state index is 0.120. The van der Waals surface area contributed by atoms with Crippen molar-refractivity contribution >= 4 is 45.6 Å². The van der Waals surface area contributed by atoms with Crippen molar-refractivity contribution in [3.63, 3.8) is 0 Å². The van der Waals surface area contributed by atoms with Crippen LogP contribution in [0.3, 0.4) is 0 Å². The second-order valence-electron chi connectivity index (χ2n) is 4.81. The first kappa shape index (κ1) is 12.6.